The molecule has 0 saturated carbocycles. The first-order valence-corrected chi connectivity index (χ1v) is 5.12. The van der Waals surface area contributed by atoms with Crippen molar-refractivity contribution < 1.29 is 0 Å². The zero-order chi connectivity index (χ0) is 10.8. The van der Waals surface area contributed by atoms with Gasteiger partial charge in [0.15, 0.2) is 0 Å². The number of pyridine rings is 2. The summed E-state index contributed by atoms with van der Waals surface area (Å²) in [6, 6.07) is 18.9. The molecule has 0 unspecified atom stereocenters. The van der Waals surface area contributed by atoms with Crippen molar-refractivity contribution in [1.29, 1.82) is 0 Å². The second kappa shape index (κ2) is 3.74. The van der Waals surface area contributed by atoms with E-state index in [9.17, 15) is 0 Å². The van der Waals surface area contributed by atoms with Crippen molar-refractivity contribution in [3.05, 3.63) is 60.8 Å². The number of hydrogen-bond donors (Lipinski definition) is 0. The summed E-state index contributed by atoms with van der Waals surface area (Å²) in [5.41, 5.74) is 2.69. The average Bonchev–Trinajstić information content (AvgIpc) is 2.39. The van der Waals surface area contributed by atoms with E-state index >= 15 is 0 Å². The van der Waals surface area contributed by atoms with Gasteiger partial charge in [-0.3, -0.25) is 4.98 Å². The number of rotatable bonds is 1. The molecule has 3 rings (SSSR count). The third-order valence-corrected chi connectivity index (χ3v) is 2.44. The smallest absolute Gasteiger partial charge is 0.0900 e. The molecule has 0 aliphatic rings. The Morgan fingerprint density at radius 1 is 0.875 bits per heavy atom. The first-order chi connectivity index (χ1) is 7.93. The van der Waals surface area contributed by atoms with Crippen LogP contribution in [0.15, 0.2) is 54.7 Å². The molecule has 16 heavy (non-hydrogen) atoms. The number of hydrogen-bond acceptors (Lipinski definition) is 2. The average molecular weight is 205 g/mol. The topological polar surface area (TPSA) is 25.8 Å². The standard InChI is InChI=1S/C14H9N2/c1-2-6-12-11(5-1)8-9-14(16-12)13-7-3-4-10-15-13/h1-7,9-10H. The van der Waals surface area contributed by atoms with Gasteiger partial charge in [0.25, 0.3) is 0 Å². The Hall–Kier alpha value is -2.22. The van der Waals surface area contributed by atoms with Crippen LogP contribution in [0.2, 0.25) is 0 Å². The molecule has 0 aliphatic heterocycles. The third-order valence-electron chi connectivity index (χ3n) is 2.44. The molecular weight excluding hydrogens is 196 g/mol. The van der Waals surface area contributed by atoms with E-state index in [-0.39, 0.29) is 0 Å². The second-order valence-electron chi connectivity index (χ2n) is 3.52. The highest BCUT2D eigenvalue weighted by atomic mass is 14.8. The van der Waals surface area contributed by atoms with Crippen molar-refractivity contribution in [1.82, 2.24) is 9.97 Å². The van der Waals surface area contributed by atoms with Crippen LogP contribution in [0.5, 0.6) is 0 Å². The zero-order valence-corrected chi connectivity index (χ0v) is 8.59. The Bertz CT molecular complexity index is 618. The number of nitrogens with zero attached hydrogens (tertiary/aromatic N) is 2. The first-order valence-electron chi connectivity index (χ1n) is 5.12. The molecule has 0 saturated heterocycles. The van der Waals surface area contributed by atoms with E-state index in [1.54, 1.807) is 6.20 Å². The minimum atomic E-state index is 0.860. The highest BCUT2D eigenvalue weighted by Gasteiger charge is 2.01. The monoisotopic (exact) mass is 205 g/mol. The molecule has 0 bridgehead atoms. The summed E-state index contributed by atoms with van der Waals surface area (Å²) in [5.74, 6) is 0. The van der Waals surface area contributed by atoms with Gasteiger partial charge < -0.3 is 0 Å². The predicted octanol–water partition coefficient (Wildman–Crippen LogP) is 3.10. The van der Waals surface area contributed by atoms with Gasteiger partial charge in [-0.15, -0.1) is 0 Å². The minimum absolute atomic E-state index is 0.860. The predicted molar refractivity (Wildman–Crippen MR) is 63.8 cm³/mol. The van der Waals surface area contributed by atoms with Gasteiger partial charge in [-0.1, -0.05) is 24.3 Å². The van der Waals surface area contributed by atoms with Crippen LogP contribution in [0.4, 0.5) is 0 Å². The Balaban J connectivity index is 2.19. The molecule has 2 nitrogen and oxygen atoms in total. The van der Waals surface area contributed by atoms with E-state index in [1.807, 2.05) is 48.5 Å². The van der Waals surface area contributed by atoms with Crippen LogP contribution >= 0.6 is 0 Å². The maximum absolute atomic E-state index is 4.55. The lowest BCUT2D eigenvalue weighted by Crippen LogP contribution is -1.87. The SMILES string of the molecule is [c]1cc(-c2ccccn2)nc2ccccc12. The highest BCUT2D eigenvalue weighted by molar-refractivity contribution is 5.80. The summed E-state index contributed by atoms with van der Waals surface area (Å²) in [7, 11) is 0. The van der Waals surface area contributed by atoms with Crippen LogP contribution in [0.1, 0.15) is 0 Å². The molecular formula is C14H9N2. The van der Waals surface area contributed by atoms with Gasteiger partial charge in [-0.05, 0) is 30.3 Å². The van der Waals surface area contributed by atoms with Gasteiger partial charge in [0.05, 0.1) is 16.9 Å². The largest absolute Gasteiger partial charge is 0.255 e. The van der Waals surface area contributed by atoms with Crippen LogP contribution < -0.4 is 0 Å². The van der Waals surface area contributed by atoms with Gasteiger partial charge in [0, 0.05) is 11.6 Å². The molecule has 2 aromatic heterocycles. The van der Waals surface area contributed by atoms with E-state index in [0.29, 0.717) is 0 Å². The maximum atomic E-state index is 4.55. The Kier molecular flexibility index (Phi) is 2.11. The fraction of sp³-hybridized carbons (Fsp3) is 0. The lowest BCUT2D eigenvalue weighted by molar-refractivity contribution is 1.27. The van der Waals surface area contributed by atoms with Crippen molar-refractivity contribution in [3.63, 3.8) is 0 Å². The van der Waals surface area contributed by atoms with Gasteiger partial charge in [0.1, 0.15) is 0 Å². The summed E-state index contributed by atoms with van der Waals surface area (Å²) in [4.78, 5) is 8.83. The van der Waals surface area contributed by atoms with Crippen LogP contribution in [0, 0.1) is 6.07 Å². The molecule has 3 aromatic rings. The first kappa shape index (κ1) is 9.04. The van der Waals surface area contributed by atoms with Crippen molar-refractivity contribution in [2.24, 2.45) is 0 Å². The van der Waals surface area contributed by atoms with Gasteiger partial charge in [0.2, 0.25) is 0 Å². The molecule has 2 heterocycles. The van der Waals surface area contributed by atoms with Crippen molar-refractivity contribution in [2.45, 2.75) is 0 Å². The summed E-state index contributed by atoms with van der Waals surface area (Å²) in [6.07, 6.45) is 1.77. The molecule has 0 amide bonds. The van der Waals surface area contributed by atoms with Crippen LogP contribution in [0.3, 0.4) is 0 Å². The maximum Gasteiger partial charge on any atom is 0.0900 e. The fourth-order valence-corrected chi connectivity index (χ4v) is 1.65. The number of para-hydroxylation sites is 1. The van der Waals surface area contributed by atoms with Gasteiger partial charge in [-0.25, -0.2) is 4.98 Å². The molecule has 0 fully saturated rings. The molecule has 0 atom stereocenters. The summed E-state index contributed by atoms with van der Waals surface area (Å²) in [6.45, 7) is 0. The molecule has 1 radical (unpaired) electrons. The lowest BCUT2D eigenvalue weighted by Gasteiger charge is -2.01. The van der Waals surface area contributed by atoms with E-state index in [0.717, 1.165) is 22.3 Å². The van der Waals surface area contributed by atoms with Crippen LogP contribution in [-0.4, -0.2) is 9.97 Å². The van der Waals surface area contributed by atoms with Crippen LogP contribution in [0.25, 0.3) is 22.3 Å². The summed E-state index contributed by atoms with van der Waals surface area (Å²) >= 11 is 0. The Labute approximate surface area is 93.6 Å². The Morgan fingerprint density at radius 3 is 2.62 bits per heavy atom. The molecule has 2 heteroatoms. The number of aromatic nitrogens is 2. The second-order valence-corrected chi connectivity index (χ2v) is 3.52. The van der Waals surface area contributed by atoms with Crippen LogP contribution in [-0.2, 0) is 0 Å². The van der Waals surface area contributed by atoms with E-state index in [4.69, 9.17) is 0 Å². The fourth-order valence-electron chi connectivity index (χ4n) is 1.65. The summed E-state index contributed by atoms with van der Waals surface area (Å²) < 4.78 is 0. The Morgan fingerprint density at radius 2 is 1.75 bits per heavy atom. The summed E-state index contributed by atoms with van der Waals surface area (Å²) in [5, 5.41) is 1.03. The molecule has 0 N–H and O–H groups in total. The highest BCUT2D eigenvalue weighted by Crippen LogP contribution is 2.17. The van der Waals surface area contributed by atoms with Crippen molar-refractivity contribution in [3.8, 4) is 11.4 Å². The van der Waals surface area contributed by atoms with Gasteiger partial charge in [-0.2, -0.15) is 0 Å². The molecule has 0 aliphatic carbocycles. The zero-order valence-electron chi connectivity index (χ0n) is 8.59. The third kappa shape index (κ3) is 1.54. The normalized spacial score (nSPS) is 10.5. The van der Waals surface area contributed by atoms with E-state index in [1.165, 1.54) is 0 Å². The number of benzene rings is 1. The van der Waals surface area contributed by atoms with E-state index in [2.05, 4.69) is 16.0 Å². The van der Waals surface area contributed by atoms with Crippen molar-refractivity contribution in [2.75, 3.05) is 0 Å². The molecule has 0 spiro atoms. The molecule has 1 aromatic carbocycles. The lowest BCUT2D eigenvalue weighted by atomic mass is 10.2. The van der Waals surface area contributed by atoms with E-state index < -0.39 is 0 Å². The minimum Gasteiger partial charge on any atom is -0.255 e. The van der Waals surface area contributed by atoms with Gasteiger partial charge >= 0.3 is 0 Å². The molecule has 75 valence electrons. The number of fused-ring (bicyclic) bond motifs is 1. The quantitative estimate of drug-likeness (QED) is 0.610. The van der Waals surface area contributed by atoms with Crippen molar-refractivity contribution >= 4 is 10.9 Å².